The molecule has 0 radical (unpaired) electrons. The quantitative estimate of drug-likeness (QED) is 0.887. The molecule has 0 spiro atoms. The molecule has 2 aromatic rings. The van der Waals surface area contributed by atoms with Crippen molar-refractivity contribution in [2.75, 3.05) is 0 Å². The molecule has 0 aromatic heterocycles. The second-order valence-electron chi connectivity index (χ2n) is 6.13. The number of benzene rings is 2. The first-order chi connectivity index (χ1) is 10.1. The van der Waals surface area contributed by atoms with Gasteiger partial charge in [-0.3, -0.25) is 0 Å². The van der Waals surface area contributed by atoms with E-state index in [1.165, 1.54) is 0 Å². The van der Waals surface area contributed by atoms with E-state index in [9.17, 15) is 9.90 Å². The SMILES string of the molecule is O=C(O)c1ccc2c(c1)[C@H]1C[C@@H]2[C@](O)(c2ccccc2)C1. The number of carbonyl (C=O) groups is 1. The Balaban J connectivity index is 1.79. The summed E-state index contributed by atoms with van der Waals surface area (Å²) in [5.41, 5.74) is 2.71. The monoisotopic (exact) mass is 280 g/mol. The highest BCUT2D eigenvalue weighted by atomic mass is 16.4. The molecule has 4 rings (SSSR count). The highest BCUT2D eigenvalue weighted by molar-refractivity contribution is 5.88. The third kappa shape index (κ3) is 1.67. The van der Waals surface area contributed by atoms with E-state index in [0.29, 0.717) is 12.0 Å². The molecule has 21 heavy (non-hydrogen) atoms. The van der Waals surface area contributed by atoms with Gasteiger partial charge in [-0.25, -0.2) is 4.79 Å². The summed E-state index contributed by atoms with van der Waals surface area (Å²) >= 11 is 0. The van der Waals surface area contributed by atoms with Crippen LogP contribution in [-0.2, 0) is 5.60 Å². The maximum atomic E-state index is 11.2. The molecule has 3 atom stereocenters. The molecule has 2 N–H and O–H groups in total. The molecule has 0 heterocycles. The molecule has 3 nitrogen and oxygen atoms in total. The molecule has 0 amide bonds. The van der Waals surface area contributed by atoms with Crippen LogP contribution in [0.1, 0.15) is 51.7 Å². The summed E-state index contributed by atoms with van der Waals surface area (Å²) < 4.78 is 0. The lowest BCUT2D eigenvalue weighted by Crippen LogP contribution is -2.31. The first-order valence-corrected chi connectivity index (χ1v) is 7.24. The van der Waals surface area contributed by atoms with Crippen LogP contribution in [0.25, 0.3) is 0 Å². The summed E-state index contributed by atoms with van der Waals surface area (Å²) in [5.74, 6) is -0.559. The van der Waals surface area contributed by atoms with Gasteiger partial charge in [-0.2, -0.15) is 0 Å². The lowest BCUT2D eigenvalue weighted by molar-refractivity contribution is 0.0209. The maximum absolute atomic E-state index is 11.2. The molecule has 2 bridgehead atoms. The lowest BCUT2D eigenvalue weighted by Gasteiger charge is -2.34. The van der Waals surface area contributed by atoms with E-state index in [0.717, 1.165) is 23.1 Å². The van der Waals surface area contributed by atoms with Crippen LogP contribution in [0.15, 0.2) is 48.5 Å². The standard InChI is InChI=1S/C18H16O3/c19-17(20)11-6-7-14-15(8-11)12-9-16(14)18(21,10-12)13-4-2-1-3-5-13/h1-8,12,16,21H,9-10H2,(H,19,20)/t12-,16-,18+/m0/s1. The molecule has 1 fully saturated rings. The second kappa shape index (κ2) is 4.18. The summed E-state index contributed by atoms with van der Waals surface area (Å²) in [6.07, 6.45) is 1.58. The van der Waals surface area contributed by atoms with Gasteiger partial charge in [0.2, 0.25) is 0 Å². The van der Waals surface area contributed by atoms with Gasteiger partial charge >= 0.3 is 5.97 Å². The first kappa shape index (κ1) is 12.6. The fourth-order valence-corrected chi connectivity index (χ4v) is 4.13. The molecule has 0 aliphatic heterocycles. The first-order valence-electron chi connectivity index (χ1n) is 7.24. The zero-order valence-electron chi connectivity index (χ0n) is 11.5. The molecule has 3 heteroatoms. The minimum absolute atomic E-state index is 0.0720. The van der Waals surface area contributed by atoms with Crippen LogP contribution in [0.4, 0.5) is 0 Å². The Hall–Kier alpha value is -2.13. The van der Waals surface area contributed by atoms with Gasteiger partial charge in [0.25, 0.3) is 0 Å². The number of fused-ring (bicyclic) bond motifs is 5. The number of aliphatic hydroxyl groups is 1. The van der Waals surface area contributed by atoms with Gasteiger partial charge in [0.15, 0.2) is 0 Å². The van der Waals surface area contributed by atoms with E-state index in [1.807, 2.05) is 36.4 Å². The van der Waals surface area contributed by atoms with Crippen molar-refractivity contribution in [3.63, 3.8) is 0 Å². The summed E-state index contributed by atoms with van der Waals surface area (Å²) in [4.78, 5) is 11.1. The minimum Gasteiger partial charge on any atom is -0.478 e. The zero-order chi connectivity index (χ0) is 14.6. The maximum Gasteiger partial charge on any atom is 0.335 e. The van der Waals surface area contributed by atoms with E-state index in [2.05, 4.69) is 0 Å². The summed E-state index contributed by atoms with van der Waals surface area (Å²) in [5, 5.41) is 20.3. The fraction of sp³-hybridized carbons (Fsp3) is 0.278. The Morgan fingerprint density at radius 1 is 1.10 bits per heavy atom. The number of hydrogen-bond donors (Lipinski definition) is 2. The van der Waals surface area contributed by atoms with Gasteiger partial charge in [0, 0.05) is 5.92 Å². The second-order valence-corrected chi connectivity index (χ2v) is 6.13. The van der Waals surface area contributed by atoms with Crippen LogP contribution in [0.3, 0.4) is 0 Å². The van der Waals surface area contributed by atoms with Gasteiger partial charge in [0.1, 0.15) is 0 Å². The van der Waals surface area contributed by atoms with Crippen molar-refractivity contribution in [3.05, 3.63) is 70.8 Å². The average Bonchev–Trinajstić information content (AvgIpc) is 3.04. The average molecular weight is 280 g/mol. The van der Waals surface area contributed by atoms with Crippen molar-refractivity contribution in [1.82, 2.24) is 0 Å². The van der Waals surface area contributed by atoms with Gasteiger partial charge in [-0.05, 0) is 47.6 Å². The molecule has 2 aliphatic carbocycles. The van der Waals surface area contributed by atoms with Crippen LogP contribution in [0.5, 0.6) is 0 Å². The minimum atomic E-state index is -0.890. The van der Waals surface area contributed by atoms with E-state index in [4.69, 9.17) is 5.11 Å². The van der Waals surface area contributed by atoms with Crippen molar-refractivity contribution < 1.29 is 15.0 Å². The third-order valence-corrected chi connectivity index (χ3v) is 5.08. The molecule has 0 saturated heterocycles. The third-order valence-electron chi connectivity index (χ3n) is 5.08. The van der Waals surface area contributed by atoms with Crippen molar-refractivity contribution in [2.45, 2.75) is 30.3 Å². The highest BCUT2D eigenvalue weighted by Crippen LogP contribution is 2.61. The van der Waals surface area contributed by atoms with Gasteiger partial charge in [-0.15, -0.1) is 0 Å². The predicted molar refractivity (Wildman–Crippen MR) is 78.5 cm³/mol. The Morgan fingerprint density at radius 2 is 1.86 bits per heavy atom. The zero-order valence-corrected chi connectivity index (χ0v) is 11.5. The molecular weight excluding hydrogens is 264 g/mol. The van der Waals surface area contributed by atoms with Crippen LogP contribution >= 0.6 is 0 Å². The predicted octanol–water partition coefficient (Wildman–Crippen LogP) is 3.25. The number of carboxylic acid groups (broad SMARTS) is 1. The topological polar surface area (TPSA) is 57.5 Å². The van der Waals surface area contributed by atoms with Crippen molar-refractivity contribution in [2.24, 2.45) is 0 Å². The van der Waals surface area contributed by atoms with Crippen LogP contribution in [-0.4, -0.2) is 16.2 Å². The Morgan fingerprint density at radius 3 is 2.57 bits per heavy atom. The normalized spacial score (nSPS) is 29.4. The summed E-state index contributed by atoms with van der Waals surface area (Å²) in [7, 11) is 0. The van der Waals surface area contributed by atoms with E-state index in [1.54, 1.807) is 12.1 Å². The Bertz CT molecular complexity index is 722. The van der Waals surface area contributed by atoms with Gasteiger partial charge < -0.3 is 10.2 Å². The van der Waals surface area contributed by atoms with Crippen LogP contribution < -0.4 is 0 Å². The number of hydrogen-bond acceptors (Lipinski definition) is 2. The molecule has 0 unspecified atom stereocenters. The van der Waals surface area contributed by atoms with E-state index < -0.39 is 11.6 Å². The van der Waals surface area contributed by atoms with E-state index >= 15 is 0 Å². The molecule has 106 valence electrons. The smallest absolute Gasteiger partial charge is 0.335 e. The van der Waals surface area contributed by atoms with Crippen LogP contribution in [0.2, 0.25) is 0 Å². The molecule has 2 aliphatic rings. The molecular formula is C18H16O3. The molecule has 1 saturated carbocycles. The Labute approximate surface area is 122 Å². The van der Waals surface area contributed by atoms with Crippen molar-refractivity contribution >= 4 is 5.97 Å². The summed E-state index contributed by atoms with van der Waals surface area (Å²) in [6.45, 7) is 0. The Kier molecular flexibility index (Phi) is 2.51. The van der Waals surface area contributed by atoms with Gasteiger partial charge in [-0.1, -0.05) is 36.4 Å². The van der Waals surface area contributed by atoms with Crippen LogP contribution in [0, 0.1) is 0 Å². The van der Waals surface area contributed by atoms with Crippen molar-refractivity contribution in [1.29, 1.82) is 0 Å². The largest absolute Gasteiger partial charge is 0.478 e. The number of rotatable bonds is 2. The van der Waals surface area contributed by atoms with Gasteiger partial charge in [0.05, 0.1) is 11.2 Å². The molecule has 2 aromatic carbocycles. The van der Waals surface area contributed by atoms with Crippen molar-refractivity contribution in [3.8, 4) is 0 Å². The number of carboxylic acids is 1. The summed E-state index contributed by atoms with van der Waals surface area (Å²) in [6, 6.07) is 15.1. The number of aromatic carboxylic acids is 1. The van der Waals surface area contributed by atoms with E-state index in [-0.39, 0.29) is 11.8 Å². The fourth-order valence-electron chi connectivity index (χ4n) is 4.13. The lowest BCUT2D eigenvalue weighted by atomic mass is 9.75. The highest BCUT2D eigenvalue weighted by Gasteiger charge is 2.53.